The van der Waals surface area contributed by atoms with E-state index in [-0.39, 0.29) is 5.69 Å². The van der Waals surface area contributed by atoms with Crippen LogP contribution in [0.4, 0.5) is 0 Å². The van der Waals surface area contributed by atoms with E-state index in [1.165, 1.54) is 7.11 Å². The zero-order chi connectivity index (χ0) is 26.0. The number of nitrogens with zero attached hydrogens (tertiary/aromatic N) is 3. The Morgan fingerprint density at radius 1 is 1.03 bits per heavy atom. The molecule has 2 heterocycles. The molecule has 9 heteroatoms. The van der Waals surface area contributed by atoms with Gasteiger partial charge in [-0.3, -0.25) is 9.78 Å². The number of carbonyl (C=O) groups excluding carboxylic acids is 2. The number of aromatic nitrogens is 3. The SMILES string of the molecule is COC(=O)C1(NC(=O)c2cc(-c3ccccc3OC)n(-c3ccnc4cc(Cl)ccc34)n2)CCCCC1. The van der Waals surface area contributed by atoms with E-state index in [9.17, 15) is 9.59 Å². The highest BCUT2D eigenvalue weighted by atomic mass is 35.5. The van der Waals surface area contributed by atoms with Gasteiger partial charge in [-0.2, -0.15) is 5.10 Å². The van der Waals surface area contributed by atoms with Gasteiger partial charge in [0.25, 0.3) is 5.91 Å². The average molecular weight is 519 g/mol. The highest BCUT2D eigenvalue weighted by molar-refractivity contribution is 6.31. The number of nitrogens with one attached hydrogen (secondary N) is 1. The zero-order valence-corrected chi connectivity index (χ0v) is 21.4. The van der Waals surface area contributed by atoms with Crippen LogP contribution in [0.3, 0.4) is 0 Å². The molecule has 0 aliphatic heterocycles. The Balaban J connectivity index is 1.65. The first-order valence-corrected chi connectivity index (χ1v) is 12.5. The molecule has 0 saturated heterocycles. The van der Waals surface area contributed by atoms with Crippen LogP contribution in [0.1, 0.15) is 42.6 Å². The number of hydrogen-bond acceptors (Lipinski definition) is 6. The second-order valence-corrected chi connectivity index (χ2v) is 9.54. The Morgan fingerprint density at radius 3 is 2.57 bits per heavy atom. The van der Waals surface area contributed by atoms with Crippen LogP contribution in [0.2, 0.25) is 5.02 Å². The Labute approximate surface area is 219 Å². The Morgan fingerprint density at radius 2 is 1.81 bits per heavy atom. The summed E-state index contributed by atoms with van der Waals surface area (Å²) in [5, 5.41) is 9.08. The third-order valence-corrected chi connectivity index (χ3v) is 7.11. The van der Waals surface area contributed by atoms with E-state index in [2.05, 4.69) is 10.3 Å². The van der Waals surface area contributed by atoms with Crippen molar-refractivity contribution in [1.29, 1.82) is 0 Å². The molecule has 8 nitrogen and oxygen atoms in total. The molecule has 0 unspecified atom stereocenters. The van der Waals surface area contributed by atoms with Gasteiger partial charge >= 0.3 is 5.97 Å². The molecule has 190 valence electrons. The van der Waals surface area contributed by atoms with Crippen molar-refractivity contribution < 1.29 is 19.1 Å². The molecule has 37 heavy (non-hydrogen) atoms. The van der Waals surface area contributed by atoms with Crippen molar-refractivity contribution in [3.05, 3.63) is 71.5 Å². The summed E-state index contributed by atoms with van der Waals surface area (Å²) >= 11 is 6.20. The van der Waals surface area contributed by atoms with Gasteiger partial charge in [-0.25, -0.2) is 9.48 Å². The topological polar surface area (TPSA) is 95.3 Å². The quantitative estimate of drug-likeness (QED) is 0.345. The van der Waals surface area contributed by atoms with E-state index in [4.69, 9.17) is 26.2 Å². The van der Waals surface area contributed by atoms with Crippen LogP contribution in [0.15, 0.2) is 60.8 Å². The zero-order valence-electron chi connectivity index (χ0n) is 20.7. The Bertz CT molecular complexity index is 1480. The van der Waals surface area contributed by atoms with Crippen molar-refractivity contribution in [2.24, 2.45) is 0 Å². The van der Waals surface area contributed by atoms with Crippen LogP contribution in [-0.2, 0) is 9.53 Å². The summed E-state index contributed by atoms with van der Waals surface area (Å²) in [4.78, 5) is 30.7. The third-order valence-electron chi connectivity index (χ3n) is 6.87. The summed E-state index contributed by atoms with van der Waals surface area (Å²) in [5.41, 5.74) is 1.95. The lowest BCUT2D eigenvalue weighted by molar-refractivity contribution is -0.149. The maximum absolute atomic E-state index is 13.6. The number of fused-ring (bicyclic) bond motifs is 1. The first kappa shape index (κ1) is 24.8. The fourth-order valence-electron chi connectivity index (χ4n) is 5.03. The van der Waals surface area contributed by atoms with Crippen molar-refractivity contribution >= 4 is 34.4 Å². The number of esters is 1. The van der Waals surface area contributed by atoms with E-state index in [0.717, 1.165) is 35.9 Å². The lowest BCUT2D eigenvalue weighted by Crippen LogP contribution is -2.56. The second kappa shape index (κ2) is 10.2. The van der Waals surface area contributed by atoms with E-state index >= 15 is 0 Å². The number of amides is 1. The number of ether oxygens (including phenoxy) is 2. The van der Waals surface area contributed by atoms with E-state index in [1.807, 2.05) is 36.4 Å². The van der Waals surface area contributed by atoms with E-state index in [1.54, 1.807) is 36.2 Å². The molecule has 0 spiro atoms. The summed E-state index contributed by atoms with van der Waals surface area (Å²) in [7, 11) is 2.94. The molecular formula is C28H27ClN4O4. The number of benzene rings is 2. The Hall–Kier alpha value is -3.91. The largest absolute Gasteiger partial charge is 0.496 e. The minimum absolute atomic E-state index is 0.175. The van der Waals surface area contributed by atoms with Gasteiger partial charge < -0.3 is 14.8 Å². The minimum atomic E-state index is -1.06. The number of methoxy groups -OCH3 is 2. The molecule has 1 fully saturated rings. The average Bonchev–Trinajstić information content (AvgIpc) is 3.38. The maximum Gasteiger partial charge on any atom is 0.331 e. The summed E-state index contributed by atoms with van der Waals surface area (Å²) in [5.74, 6) is -0.235. The van der Waals surface area contributed by atoms with Gasteiger partial charge in [0, 0.05) is 22.2 Å². The lowest BCUT2D eigenvalue weighted by Gasteiger charge is -2.34. The molecular weight excluding hydrogens is 492 g/mol. The minimum Gasteiger partial charge on any atom is -0.496 e. The number of rotatable bonds is 6. The van der Waals surface area contributed by atoms with E-state index < -0.39 is 17.4 Å². The second-order valence-electron chi connectivity index (χ2n) is 9.11. The maximum atomic E-state index is 13.6. The lowest BCUT2D eigenvalue weighted by atomic mass is 9.81. The van der Waals surface area contributed by atoms with Gasteiger partial charge in [0.1, 0.15) is 11.3 Å². The molecule has 1 aliphatic carbocycles. The predicted octanol–water partition coefficient (Wildman–Crippen LogP) is 5.36. The number of para-hydroxylation sites is 1. The van der Waals surface area contributed by atoms with Crippen LogP contribution >= 0.6 is 11.6 Å². The number of hydrogen-bond donors (Lipinski definition) is 1. The van der Waals surface area contributed by atoms with Gasteiger partial charge in [0.05, 0.1) is 31.1 Å². The first-order chi connectivity index (χ1) is 18.0. The summed E-state index contributed by atoms with van der Waals surface area (Å²) in [6, 6.07) is 16.5. The molecule has 2 aromatic carbocycles. The third kappa shape index (κ3) is 4.64. The highest BCUT2D eigenvalue weighted by Gasteiger charge is 2.42. The van der Waals surface area contributed by atoms with E-state index in [0.29, 0.717) is 34.8 Å². The monoisotopic (exact) mass is 518 g/mol. The molecule has 0 radical (unpaired) electrons. The predicted molar refractivity (Wildman–Crippen MR) is 141 cm³/mol. The molecule has 0 atom stereocenters. The van der Waals surface area contributed by atoms with Crippen molar-refractivity contribution in [3.63, 3.8) is 0 Å². The van der Waals surface area contributed by atoms with Crippen molar-refractivity contribution in [2.45, 2.75) is 37.6 Å². The van der Waals surface area contributed by atoms with Gasteiger partial charge in [-0.1, -0.05) is 43.0 Å². The number of pyridine rings is 1. The highest BCUT2D eigenvalue weighted by Crippen LogP contribution is 2.35. The molecule has 1 N–H and O–H groups in total. The molecule has 1 saturated carbocycles. The van der Waals surface area contributed by atoms with Crippen LogP contribution in [0.25, 0.3) is 27.8 Å². The molecule has 5 rings (SSSR count). The number of halogens is 1. The van der Waals surface area contributed by atoms with Gasteiger partial charge in [-0.05, 0) is 55.3 Å². The fraction of sp³-hybridized carbons (Fsp3) is 0.286. The summed E-state index contributed by atoms with van der Waals surface area (Å²) in [6.45, 7) is 0. The summed E-state index contributed by atoms with van der Waals surface area (Å²) in [6.07, 6.45) is 5.42. The standard InChI is InChI=1S/C28H27ClN4O4/c1-36-25-9-5-4-8-20(25)24-17-22(26(34)31-28(27(35)37-2)13-6-3-7-14-28)32-33(24)23-12-15-30-21-16-18(29)10-11-19(21)23/h4-5,8-12,15-17H,3,6-7,13-14H2,1-2H3,(H,31,34). The van der Waals surface area contributed by atoms with Crippen molar-refractivity contribution in [3.8, 4) is 22.7 Å². The normalized spacial score (nSPS) is 14.8. The van der Waals surface area contributed by atoms with Gasteiger partial charge in [-0.15, -0.1) is 0 Å². The van der Waals surface area contributed by atoms with Crippen molar-refractivity contribution in [2.75, 3.05) is 14.2 Å². The van der Waals surface area contributed by atoms with Crippen LogP contribution in [0.5, 0.6) is 5.75 Å². The first-order valence-electron chi connectivity index (χ1n) is 12.1. The molecule has 2 aromatic heterocycles. The molecule has 0 bridgehead atoms. The van der Waals surface area contributed by atoms with Crippen LogP contribution in [-0.4, -0.2) is 46.4 Å². The van der Waals surface area contributed by atoms with Gasteiger partial charge in [0.15, 0.2) is 5.69 Å². The van der Waals surface area contributed by atoms with Gasteiger partial charge in [0.2, 0.25) is 0 Å². The van der Waals surface area contributed by atoms with Crippen LogP contribution in [0, 0.1) is 0 Å². The smallest absolute Gasteiger partial charge is 0.331 e. The fourth-order valence-corrected chi connectivity index (χ4v) is 5.19. The van der Waals surface area contributed by atoms with Crippen molar-refractivity contribution in [1.82, 2.24) is 20.1 Å². The Kier molecular flexibility index (Phi) is 6.84. The molecule has 1 amide bonds. The van der Waals surface area contributed by atoms with Crippen LogP contribution < -0.4 is 10.1 Å². The summed E-state index contributed by atoms with van der Waals surface area (Å²) < 4.78 is 12.4. The number of carbonyl (C=O) groups is 2. The molecule has 1 aliphatic rings. The molecule has 4 aromatic rings.